The molecule has 0 bridgehead atoms. The Morgan fingerprint density at radius 3 is 1.17 bits per heavy atom. The fourth-order valence-corrected chi connectivity index (χ4v) is 12.5. The predicted molar refractivity (Wildman–Crippen MR) is 358 cm³/mol. The van der Waals surface area contributed by atoms with E-state index in [1.807, 2.05) is 115 Å². The molecular formula is C80H46N8. The Balaban J connectivity index is 1.05. The lowest BCUT2D eigenvalue weighted by Gasteiger charge is -2.22. The molecule has 15 rings (SSSR count). The molecular weight excluding hydrogens is 1070 g/mol. The zero-order chi connectivity index (χ0) is 59.2. The molecule has 0 fully saturated rings. The van der Waals surface area contributed by atoms with Crippen LogP contribution in [0.5, 0.6) is 0 Å². The van der Waals surface area contributed by atoms with Gasteiger partial charge in [-0.2, -0.15) is 5.26 Å². The van der Waals surface area contributed by atoms with Crippen LogP contribution in [-0.2, 0) is 0 Å². The highest BCUT2D eigenvalue weighted by atomic mass is 15.0. The van der Waals surface area contributed by atoms with Crippen molar-refractivity contribution < 1.29 is 0 Å². The zero-order valence-corrected chi connectivity index (χ0v) is 47.1. The summed E-state index contributed by atoms with van der Waals surface area (Å²) >= 11 is 0. The van der Waals surface area contributed by atoms with Gasteiger partial charge in [-0.05, 0) is 142 Å². The third-order valence-corrected chi connectivity index (χ3v) is 16.6. The first kappa shape index (κ1) is 52.1. The lowest BCUT2D eigenvalue weighted by molar-refractivity contribution is 1.15. The van der Waals surface area contributed by atoms with Crippen LogP contribution < -0.4 is 0 Å². The normalized spacial score (nSPS) is 11.1. The van der Waals surface area contributed by atoms with Crippen LogP contribution in [0.25, 0.3) is 159 Å². The Kier molecular flexibility index (Phi) is 12.9. The van der Waals surface area contributed by atoms with Crippen LogP contribution >= 0.6 is 0 Å². The van der Waals surface area contributed by atoms with Crippen molar-refractivity contribution in [1.82, 2.24) is 19.1 Å². The summed E-state index contributed by atoms with van der Waals surface area (Å²) in [6.07, 6.45) is 0. The summed E-state index contributed by atoms with van der Waals surface area (Å²) in [4.78, 5) is 22.1. The molecule has 15 aromatic rings. The summed E-state index contributed by atoms with van der Waals surface area (Å²) in [5, 5.41) is 14.1. The molecule has 0 aliphatic heterocycles. The molecule has 0 saturated heterocycles. The summed E-state index contributed by atoms with van der Waals surface area (Å²) < 4.78 is 4.76. The molecule has 0 unspecified atom stereocenters. The predicted octanol–water partition coefficient (Wildman–Crippen LogP) is 21.5. The first-order valence-electron chi connectivity index (χ1n) is 28.8. The highest BCUT2D eigenvalue weighted by Gasteiger charge is 2.26. The minimum atomic E-state index is 0.567. The van der Waals surface area contributed by atoms with Crippen molar-refractivity contribution in [3.63, 3.8) is 0 Å². The topological polar surface area (TPSA) is 72.5 Å². The van der Waals surface area contributed by atoms with E-state index in [0.717, 1.165) is 139 Å². The molecule has 0 N–H and O–H groups in total. The quantitative estimate of drug-likeness (QED) is 0.128. The fraction of sp³-hybridized carbons (Fsp3) is 0. The number of para-hydroxylation sites is 1. The van der Waals surface area contributed by atoms with E-state index < -0.39 is 0 Å². The monoisotopic (exact) mass is 1120 g/mol. The average Bonchev–Trinajstić information content (AvgIpc) is 3.91. The van der Waals surface area contributed by atoms with Crippen LogP contribution in [0.1, 0.15) is 5.56 Å². The van der Waals surface area contributed by atoms with Gasteiger partial charge in [0, 0.05) is 49.4 Å². The van der Waals surface area contributed by atoms with Crippen molar-refractivity contribution in [2.75, 3.05) is 0 Å². The number of nitrogens with zero attached hydrogens (tertiary/aromatic N) is 8. The lowest BCUT2D eigenvalue weighted by atomic mass is 9.93. The minimum absolute atomic E-state index is 0.567. The Labute approximate surface area is 508 Å². The molecule has 3 aromatic heterocycles. The van der Waals surface area contributed by atoms with Crippen LogP contribution in [-0.4, -0.2) is 19.1 Å². The number of rotatable bonds is 10. The van der Waals surface area contributed by atoms with Gasteiger partial charge in [-0.1, -0.05) is 182 Å². The third-order valence-electron chi connectivity index (χ3n) is 16.6. The van der Waals surface area contributed by atoms with Gasteiger partial charge in [0.15, 0.2) is 22.9 Å². The maximum Gasteiger partial charge on any atom is 0.187 e. The number of benzene rings is 12. The number of nitriles is 1. The SMILES string of the molecule is [C-]#[N+]c1cccc(-c2ccc3c(c2)c2cc(-c4cccc([N+]#[C-])c4)ccc2n3-c2ccccc2-c2c(-c3cc(-c4ccccc4)nc(-c4ccccc4)n3)cccc2-n2c3ccc(-c4cccc(C#N)c4)cc3c3cc(-c4cccc([N+]#[C-])c4)ccc32)c1. The largest absolute Gasteiger partial charge is 0.309 e. The molecule has 3 heterocycles. The van der Waals surface area contributed by atoms with Gasteiger partial charge in [-0.15, -0.1) is 0 Å². The Bertz CT molecular complexity index is 5220. The molecule has 12 aromatic carbocycles. The maximum absolute atomic E-state index is 10.0. The summed E-state index contributed by atoms with van der Waals surface area (Å²) in [5.74, 6) is 0.596. The second-order valence-corrected chi connectivity index (χ2v) is 21.7. The molecule has 0 amide bonds. The Morgan fingerprint density at radius 1 is 0.307 bits per heavy atom. The Morgan fingerprint density at radius 2 is 0.682 bits per heavy atom. The third kappa shape index (κ3) is 9.17. The fourth-order valence-electron chi connectivity index (χ4n) is 12.5. The first-order chi connectivity index (χ1) is 43.4. The maximum atomic E-state index is 10.0. The molecule has 0 spiro atoms. The van der Waals surface area contributed by atoms with Gasteiger partial charge in [0.1, 0.15) is 0 Å². The van der Waals surface area contributed by atoms with Gasteiger partial charge < -0.3 is 9.13 Å². The molecule has 88 heavy (non-hydrogen) atoms. The lowest BCUT2D eigenvalue weighted by Crippen LogP contribution is -2.04. The van der Waals surface area contributed by atoms with Crippen LogP contribution in [0.3, 0.4) is 0 Å². The molecule has 0 radical (unpaired) electrons. The van der Waals surface area contributed by atoms with Gasteiger partial charge in [0.2, 0.25) is 0 Å². The van der Waals surface area contributed by atoms with Crippen molar-refractivity contribution in [3.8, 4) is 107 Å². The van der Waals surface area contributed by atoms with Crippen LogP contribution in [0.2, 0.25) is 0 Å². The average molecular weight is 1120 g/mol. The van der Waals surface area contributed by atoms with E-state index in [1.54, 1.807) is 0 Å². The van der Waals surface area contributed by atoms with Crippen molar-refractivity contribution in [3.05, 3.63) is 319 Å². The number of hydrogen-bond donors (Lipinski definition) is 0. The Hall–Kier alpha value is -12.7. The van der Waals surface area contributed by atoms with Crippen LogP contribution in [0, 0.1) is 31.0 Å². The van der Waals surface area contributed by atoms with Gasteiger partial charge in [0.25, 0.3) is 0 Å². The molecule has 406 valence electrons. The van der Waals surface area contributed by atoms with E-state index >= 15 is 0 Å². The zero-order valence-electron chi connectivity index (χ0n) is 47.1. The van der Waals surface area contributed by atoms with Crippen molar-refractivity contribution in [2.24, 2.45) is 0 Å². The summed E-state index contributed by atoms with van der Waals surface area (Å²) in [6, 6.07) is 97.4. The molecule has 0 aliphatic rings. The standard InChI is InChI=1S/C80H46N8/c1-82-62-26-13-23-55(42-62)59-34-37-74-67(46-59)68-47-60(56-24-14-27-63(43-56)83-2)35-38-75(68)87(74)73-31-11-10-29-66(73)79-65(72-49-71(52-18-6-4-7-19-52)85-80(86-72)53-20-8-5-9-21-53)30-16-32-78(79)88-76-39-33-58(54-22-12-17-51(41-54)50-81)45-69(76)70-48-61(36-40-77(70)88)57-25-15-28-64(44-57)84-3/h4-49H. The van der Waals surface area contributed by atoms with Gasteiger partial charge in [-0.3, -0.25) is 0 Å². The second-order valence-electron chi connectivity index (χ2n) is 21.7. The van der Waals surface area contributed by atoms with E-state index in [2.05, 4.69) is 194 Å². The molecule has 8 nitrogen and oxygen atoms in total. The van der Waals surface area contributed by atoms with E-state index in [0.29, 0.717) is 28.5 Å². The second kappa shape index (κ2) is 21.8. The van der Waals surface area contributed by atoms with E-state index in [4.69, 9.17) is 29.7 Å². The van der Waals surface area contributed by atoms with Gasteiger partial charge in [-0.25, -0.2) is 24.5 Å². The molecule has 0 aliphatic carbocycles. The summed E-state index contributed by atoms with van der Waals surface area (Å²) in [7, 11) is 0. The van der Waals surface area contributed by atoms with Crippen molar-refractivity contribution in [1.29, 1.82) is 5.26 Å². The minimum Gasteiger partial charge on any atom is -0.309 e. The number of hydrogen-bond acceptors (Lipinski definition) is 3. The molecule has 0 saturated carbocycles. The van der Waals surface area contributed by atoms with Gasteiger partial charge >= 0.3 is 0 Å². The first-order valence-corrected chi connectivity index (χ1v) is 28.8. The highest BCUT2D eigenvalue weighted by Crippen LogP contribution is 2.47. The summed E-state index contributed by atoms with van der Waals surface area (Å²) in [6.45, 7) is 23.6. The van der Waals surface area contributed by atoms with Crippen molar-refractivity contribution >= 4 is 60.7 Å². The van der Waals surface area contributed by atoms with Crippen LogP contribution in [0.15, 0.2) is 279 Å². The summed E-state index contributed by atoms with van der Waals surface area (Å²) in [5.41, 5.74) is 21.9. The van der Waals surface area contributed by atoms with E-state index in [1.165, 1.54) is 0 Å². The molecule has 8 heteroatoms. The van der Waals surface area contributed by atoms with Gasteiger partial charge in [0.05, 0.1) is 76.2 Å². The number of aromatic nitrogens is 4. The number of fused-ring (bicyclic) bond motifs is 6. The molecule has 0 atom stereocenters. The highest BCUT2D eigenvalue weighted by molar-refractivity contribution is 6.14. The van der Waals surface area contributed by atoms with Crippen LogP contribution in [0.4, 0.5) is 17.1 Å². The smallest absolute Gasteiger partial charge is 0.187 e. The van der Waals surface area contributed by atoms with E-state index in [-0.39, 0.29) is 0 Å². The van der Waals surface area contributed by atoms with Crippen molar-refractivity contribution in [2.45, 2.75) is 0 Å². The van der Waals surface area contributed by atoms with E-state index in [9.17, 15) is 5.26 Å².